The Morgan fingerprint density at radius 3 is 2.67 bits per heavy atom. The summed E-state index contributed by atoms with van der Waals surface area (Å²) in [6, 6.07) is 10.6. The fraction of sp³-hybridized carbons (Fsp3) is 0.545. The first-order valence-corrected chi connectivity index (χ1v) is 10.7. The normalized spacial score (nSPS) is 14.6. The van der Waals surface area contributed by atoms with E-state index in [-0.39, 0.29) is 0 Å². The number of hydrogen-bond acceptors (Lipinski definition) is 4. The summed E-state index contributed by atoms with van der Waals surface area (Å²) in [6.07, 6.45) is 9.23. The molecule has 4 nitrogen and oxygen atoms in total. The smallest absolute Gasteiger partial charge is 0.152 e. The lowest BCUT2D eigenvalue weighted by atomic mass is 10.1. The molecule has 0 aromatic heterocycles. The Kier molecular flexibility index (Phi) is 12.5. The van der Waals surface area contributed by atoms with Gasteiger partial charge in [0.2, 0.25) is 0 Å². The van der Waals surface area contributed by atoms with Crippen molar-refractivity contribution in [1.29, 1.82) is 0 Å². The van der Waals surface area contributed by atoms with Crippen molar-refractivity contribution in [3.63, 3.8) is 0 Å². The standard InChI is InChI=1S/C22H33IN2O2/c1-4-5-10-20(2)11-9-15-25(19-21-12-7-6-8-13-21)16-18-27-17-14-22(3,23)24-26/h4-8,10,12-13H,9,11,14-19H2,1-3H3/b5-4-,20-10-. The molecular weight excluding hydrogens is 451 g/mol. The van der Waals surface area contributed by atoms with Crippen LogP contribution < -0.4 is 0 Å². The van der Waals surface area contributed by atoms with E-state index in [1.165, 1.54) is 11.1 Å². The lowest BCUT2D eigenvalue weighted by molar-refractivity contribution is 0.0958. The topological polar surface area (TPSA) is 41.9 Å². The molecule has 27 heavy (non-hydrogen) atoms. The number of alkyl halides is 1. The summed E-state index contributed by atoms with van der Waals surface area (Å²) >= 11 is 2.07. The molecule has 0 radical (unpaired) electrons. The van der Waals surface area contributed by atoms with E-state index < -0.39 is 3.55 Å². The minimum atomic E-state index is -0.571. The summed E-state index contributed by atoms with van der Waals surface area (Å²) in [5.41, 5.74) is 2.73. The third-order valence-electron chi connectivity index (χ3n) is 4.31. The van der Waals surface area contributed by atoms with Crippen molar-refractivity contribution in [1.82, 2.24) is 4.90 Å². The molecule has 0 saturated heterocycles. The van der Waals surface area contributed by atoms with Gasteiger partial charge in [-0.1, -0.05) is 59.3 Å². The summed E-state index contributed by atoms with van der Waals surface area (Å²) in [4.78, 5) is 13.2. The maximum Gasteiger partial charge on any atom is 0.152 e. The van der Waals surface area contributed by atoms with E-state index in [0.29, 0.717) is 19.6 Å². The second-order valence-corrected chi connectivity index (χ2v) is 9.32. The first kappa shape index (κ1) is 24.0. The molecule has 150 valence electrons. The molecule has 0 N–H and O–H groups in total. The van der Waals surface area contributed by atoms with E-state index in [9.17, 15) is 4.91 Å². The average Bonchev–Trinajstić information content (AvgIpc) is 2.66. The highest BCUT2D eigenvalue weighted by molar-refractivity contribution is 14.1. The van der Waals surface area contributed by atoms with Crippen LogP contribution in [0.4, 0.5) is 0 Å². The third kappa shape index (κ3) is 12.1. The maximum atomic E-state index is 10.7. The molecule has 1 unspecified atom stereocenters. The maximum absolute atomic E-state index is 10.7. The van der Waals surface area contributed by atoms with E-state index in [1.807, 2.05) is 13.8 Å². The zero-order valence-electron chi connectivity index (χ0n) is 16.9. The van der Waals surface area contributed by atoms with Gasteiger partial charge in [0, 0.05) is 26.1 Å². The predicted octanol–water partition coefficient (Wildman–Crippen LogP) is 6.12. The summed E-state index contributed by atoms with van der Waals surface area (Å²) in [5, 5.41) is 3.12. The molecule has 5 heteroatoms. The van der Waals surface area contributed by atoms with Gasteiger partial charge in [-0.3, -0.25) is 4.90 Å². The van der Waals surface area contributed by atoms with Gasteiger partial charge in [-0.2, -0.15) is 0 Å². The first-order valence-electron chi connectivity index (χ1n) is 9.63. The number of nitrogens with zero attached hydrogens (tertiary/aromatic N) is 2. The van der Waals surface area contributed by atoms with Gasteiger partial charge in [-0.25, -0.2) is 0 Å². The Labute approximate surface area is 178 Å². The van der Waals surface area contributed by atoms with Crippen molar-refractivity contribution in [2.24, 2.45) is 5.18 Å². The van der Waals surface area contributed by atoms with Gasteiger partial charge in [0.05, 0.1) is 6.61 Å². The molecule has 0 heterocycles. The van der Waals surface area contributed by atoms with Crippen LogP contribution in [-0.2, 0) is 11.3 Å². The lowest BCUT2D eigenvalue weighted by Crippen LogP contribution is -2.29. The fourth-order valence-corrected chi connectivity index (χ4v) is 2.86. The van der Waals surface area contributed by atoms with Crippen LogP contribution in [0.15, 0.2) is 59.3 Å². The highest BCUT2D eigenvalue weighted by Gasteiger charge is 2.19. The predicted molar refractivity (Wildman–Crippen MR) is 123 cm³/mol. The summed E-state index contributed by atoms with van der Waals surface area (Å²) in [6.45, 7) is 10.2. The Balaban J connectivity index is 2.44. The number of benzene rings is 1. The van der Waals surface area contributed by atoms with E-state index >= 15 is 0 Å². The van der Waals surface area contributed by atoms with Gasteiger partial charge < -0.3 is 4.74 Å². The lowest BCUT2D eigenvalue weighted by Gasteiger charge is -2.23. The van der Waals surface area contributed by atoms with Crippen LogP contribution in [0.1, 0.15) is 45.6 Å². The van der Waals surface area contributed by atoms with Crippen LogP contribution in [0.25, 0.3) is 0 Å². The molecule has 0 amide bonds. The second kappa shape index (κ2) is 14.0. The minimum absolute atomic E-state index is 0.565. The zero-order valence-corrected chi connectivity index (χ0v) is 19.0. The number of allylic oxidation sites excluding steroid dienone is 4. The van der Waals surface area contributed by atoms with Gasteiger partial charge >= 0.3 is 0 Å². The highest BCUT2D eigenvalue weighted by atomic mass is 127. The number of hydrogen-bond donors (Lipinski definition) is 0. The monoisotopic (exact) mass is 484 g/mol. The number of halogens is 1. The number of ether oxygens (including phenoxy) is 1. The summed E-state index contributed by atoms with van der Waals surface area (Å²) in [5.74, 6) is 0. The average molecular weight is 484 g/mol. The molecule has 0 aliphatic rings. The van der Waals surface area contributed by atoms with Crippen molar-refractivity contribution >= 4 is 22.6 Å². The van der Waals surface area contributed by atoms with Crippen LogP contribution in [0.3, 0.4) is 0 Å². The van der Waals surface area contributed by atoms with Gasteiger partial charge in [-0.05, 0) is 68.3 Å². The molecule has 1 aromatic carbocycles. The molecule has 0 spiro atoms. The Morgan fingerprint density at radius 1 is 1.26 bits per heavy atom. The molecule has 1 atom stereocenters. The van der Waals surface area contributed by atoms with Gasteiger partial charge in [0.25, 0.3) is 0 Å². The molecule has 1 aromatic rings. The minimum Gasteiger partial charge on any atom is -0.380 e. The molecule has 1 rings (SSSR count). The fourth-order valence-electron chi connectivity index (χ4n) is 2.64. The Hall–Kier alpha value is -1.05. The van der Waals surface area contributed by atoms with Crippen molar-refractivity contribution in [2.75, 3.05) is 26.3 Å². The van der Waals surface area contributed by atoms with Crippen LogP contribution >= 0.6 is 22.6 Å². The zero-order chi connectivity index (χ0) is 20.0. The van der Waals surface area contributed by atoms with Crippen molar-refractivity contribution in [2.45, 2.75) is 50.1 Å². The Bertz CT molecular complexity index is 585. The van der Waals surface area contributed by atoms with E-state index in [0.717, 1.165) is 32.5 Å². The highest BCUT2D eigenvalue weighted by Crippen LogP contribution is 2.23. The molecule has 0 saturated carbocycles. The van der Waals surface area contributed by atoms with Crippen LogP contribution in [-0.4, -0.2) is 34.7 Å². The largest absolute Gasteiger partial charge is 0.380 e. The number of rotatable bonds is 14. The van der Waals surface area contributed by atoms with Crippen LogP contribution in [0, 0.1) is 4.91 Å². The molecule has 0 aliphatic carbocycles. The van der Waals surface area contributed by atoms with Crippen molar-refractivity contribution < 1.29 is 4.74 Å². The van der Waals surface area contributed by atoms with E-state index in [2.05, 4.69) is 88.2 Å². The molecule has 0 fully saturated rings. The quantitative estimate of drug-likeness (QED) is 0.0799. The van der Waals surface area contributed by atoms with Crippen molar-refractivity contribution in [3.8, 4) is 0 Å². The van der Waals surface area contributed by atoms with Crippen LogP contribution in [0.2, 0.25) is 0 Å². The Morgan fingerprint density at radius 2 is 2.00 bits per heavy atom. The van der Waals surface area contributed by atoms with Crippen molar-refractivity contribution in [3.05, 3.63) is 64.6 Å². The van der Waals surface area contributed by atoms with E-state index in [1.54, 1.807) is 0 Å². The third-order valence-corrected chi connectivity index (χ3v) is 5.05. The summed E-state index contributed by atoms with van der Waals surface area (Å²) < 4.78 is 5.18. The summed E-state index contributed by atoms with van der Waals surface area (Å²) in [7, 11) is 0. The van der Waals surface area contributed by atoms with E-state index in [4.69, 9.17) is 4.74 Å². The number of nitroso groups, excluding NO2 is 1. The van der Waals surface area contributed by atoms with Gasteiger partial charge in [0.15, 0.2) is 3.55 Å². The SMILES string of the molecule is C/C=C\C=C(\C)CCCN(CCOCCC(C)(I)N=O)Cc1ccccc1. The molecule has 0 bridgehead atoms. The van der Waals surface area contributed by atoms with Gasteiger partial charge in [0.1, 0.15) is 0 Å². The van der Waals surface area contributed by atoms with Crippen LogP contribution in [0.5, 0.6) is 0 Å². The first-order chi connectivity index (χ1) is 13.0. The molecule has 0 aliphatic heterocycles. The second-order valence-electron chi connectivity index (χ2n) is 7.00. The molecular formula is C22H33IN2O2. The van der Waals surface area contributed by atoms with Gasteiger partial charge in [-0.15, -0.1) is 4.91 Å².